The molecule has 1 saturated heterocycles. The summed E-state index contributed by atoms with van der Waals surface area (Å²) in [6, 6.07) is 4.51. The number of fused-ring (bicyclic) bond motifs is 1. The van der Waals surface area contributed by atoms with Crippen LogP contribution < -0.4 is 16.5 Å². The Morgan fingerprint density at radius 1 is 1.30 bits per heavy atom. The SMILES string of the molecule is [B]c1cccc2c1n(C)c(=O)n2C1CCC(=O)NC1=O. The van der Waals surface area contributed by atoms with Crippen molar-refractivity contribution < 1.29 is 9.59 Å². The number of imide groups is 1. The number of hydrogen-bond donors (Lipinski definition) is 1. The molecule has 0 aliphatic carbocycles. The van der Waals surface area contributed by atoms with E-state index in [1.54, 1.807) is 25.2 Å². The normalized spacial score (nSPS) is 19.4. The molecule has 2 heterocycles. The largest absolute Gasteiger partial charge is 0.329 e. The number of piperidine rings is 1. The van der Waals surface area contributed by atoms with E-state index in [-0.39, 0.29) is 18.0 Å². The Balaban J connectivity index is 2.25. The number of rotatable bonds is 1. The van der Waals surface area contributed by atoms with Gasteiger partial charge in [0.05, 0.1) is 11.0 Å². The van der Waals surface area contributed by atoms with Gasteiger partial charge >= 0.3 is 5.69 Å². The van der Waals surface area contributed by atoms with Gasteiger partial charge in [-0.15, -0.1) is 0 Å². The number of hydrogen-bond acceptors (Lipinski definition) is 3. The second kappa shape index (κ2) is 4.36. The lowest BCUT2D eigenvalue weighted by Crippen LogP contribution is -2.44. The van der Waals surface area contributed by atoms with Gasteiger partial charge in [-0.1, -0.05) is 17.6 Å². The summed E-state index contributed by atoms with van der Waals surface area (Å²) in [4.78, 5) is 35.5. The topological polar surface area (TPSA) is 73.1 Å². The van der Waals surface area contributed by atoms with Crippen molar-refractivity contribution in [3.05, 3.63) is 28.7 Å². The van der Waals surface area contributed by atoms with E-state index >= 15 is 0 Å². The van der Waals surface area contributed by atoms with E-state index in [1.807, 2.05) is 0 Å². The Morgan fingerprint density at radius 3 is 2.75 bits per heavy atom. The van der Waals surface area contributed by atoms with Gasteiger partial charge < -0.3 is 0 Å². The fourth-order valence-corrected chi connectivity index (χ4v) is 2.70. The number of aryl methyl sites for hydroxylation is 1. The molecule has 0 saturated carbocycles. The van der Waals surface area contributed by atoms with Gasteiger partial charge in [-0.05, 0) is 12.5 Å². The molecule has 1 aromatic heterocycles. The summed E-state index contributed by atoms with van der Waals surface area (Å²) in [6.45, 7) is 0. The molecule has 6 nitrogen and oxygen atoms in total. The van der Waals surface area contributed by atoms with Crippen LogP contribution in [0.2, 0.25) is 0 Å². The van der Waals surface area contributed by atoms with Gasteiger partial charge in [0.2, 0.25) is 11.8 Å². The third kappa shape index (κ3) is 1.70. The predicted molar refractivity (Wildman–Crippen MR) is 74.0 cm³/mol. The zero-order chi connectivity index (χ0) is 14.4. The smallest absolute Gasteiger partial charge is 0.296 e. The summed E-state index contributed by atoms with van der Waals surface area (Å²) in [5, 5.41) is 2.27. The maximum Gasteiger partial charge on any atom is 0.329 e. The van der Waals surface area contributed by atoms with Crippen LogP contribution in [0.5, 0.6) is 0 Å². The Morgan fingerprint density at radius 2 is 2.05 bits per heavy atom. The van der Waals surface area contributed by atoms with Crippen LogP contribution in [-0.4, -0.2) is 28.8 Å². The standard InChI is InChI=1S/C13H12BN3O3/c1-16-11-7(14)3-2-4-8(11)17(13(16)20)9-5-6-10(18)15-12(9)19/h2-4,9H,5-6H2,1H3,(H,15,18,19). The Hall–Kier alpha value is -2.31. The van der Waals surface area contributed by atoms with Gasteiger partial charge in [0, 0.05) is 13.5 Å². The molecule has 2 radical (unpaired) electrons. The number of carbonyl (C=O) groups excluding carboxylic acids is 2. The highest BCUT2D eigenvalue weighted by molar-refractivity contribution is 6.38. The fourth-order valence-electron chi connectivity index (χ4n) is 2.70. The molecule has 1 N–H and O–H groups in total. The number of imidazole rings is 1. The fraction of sp³-hybridized carbons (Fsp3) is 0.308. The molecule has 1 atom stereocenters. The molecule has 1 aliphatic heterocycles. The van der Waals surface area contributed by atoms with E-state index < -0.39 is 11.9 Å². The number of amides is 2. The highest BCUT2D eigenvalue weighted by Gasteiger charge is 2.31. The van der Waals surface area contributed by atoms with E-state index in [9.17, 15) is 14.4 Å². The minimum absolute atomic E-state index is 0.224. The van der Waals surface area contributed by atoms with Crippen LogP contribution in [0.3, 0.4) is 0 Å². The van der Waals surface area contributed by atoms with Crippen LogP contribution in [0.1, 0.15) is 18.9 Å². The van der Waals surface area contributed by atoms with Crippen molar-refractivity contribution in [1.82, 2.24) is 14.5 Å². The van der Waals surface area contributed by atoms with E-state index in [1.165, 1.54) is 9.13 Å². The van der Waals surface area contributed by atoms with Gasteiger partial charge in [0.25, 0.3) is 0 Å². The van der Waals surface area contributed by atoms with Crippen molar-refractivity contribution >= 4 is 36.2 Å². The molecular weight excluding hydrogens is 257 g/mol. The Kier molecular flexibility index (Phi) is 2.77. The third-order valence-corrected chi connectivity index (χ3v) is 3.66. The van der Waals surface area contributed by atoms with Gasteiger partial charge in [-0.25, -0.2) is 4.79 Å². The lowest BCUT2D eigenvalue weighted by atomic mass is 9.94. The van der Waals surface area contributed by atoms with Gasteiger partial charge in [-0.3, -0.25) is 24.0 Å². The molecule has 3 rings (SSSR count). The maximum absolute atomic E-state index is 12.4. The number of benzene rings is 1. The number of para-hydroxylation sites is 1. The van der Waals surface area contributed by atoms with E-state index in [0.29, 0.717) is 22.9 Å². The first kappa shape index (κ1) is 12.7. The number of aromatic nitrogens is 2. The first-order valence-corrected chi connectivity index (χ1v) is 6.30. The Labute approximate surface area is 115 Å². The average Bonchev–Trinajstić information content (AvgIpc) is 2.64. The molecule has 1 aromatic carbocycles. The van der Waals surface area contributed by atoms with E-state index in [4.69, 9.17) is 7.85 Å². The van der Waals surface area contributed by atoms with Crippen molar-refractivity contribution in [3.8, 4) is 0 Å². The number of carbonyl (C=O) groups is 2. The first-order chi connectivity index (χ1) is 9.50. The molecule has 1 aliphatic rings. The molecular formula is C13H12BN3O3. The molecule has 2 amide bonds. The van der Waals surface area contributed by atoms with Crippen molar-refractivity contribution in [2.75, 3.05) is 0 Å². The molecule has 2 aromatic rings. The maximum atomic E-state index is 12.4. The Bertz CT molecular complexity index is 790. The molecule has 7 heteroatoms. The van der Waals surface area contributed by atoms with Crippen molar-refractivity contribution in [2.45, 2.75) is 18.9 Å². The number of nitrogens with zero attached hydrogens (tertiary/aromatic N) is 2. The second-order valence-electron chi connectivity index (χ2n) is 4.89. The van der Waals surface area contributed by atoms with Gasteiger partial charge in [0.15, 0.2) is 0 Å². The second-order valence-corrected chi connectivity index (χ2v) is 4.89. The van der Waals surface area contributed by atoms with Crippen LogP contribution >= 0.6 is 0 Å². The van der Waals surface area contributed by atoms with Crippen molar-refractivity contribution in [3.63, 3.8) is 0 Å². The summed E-state index contributed by atoms with van der Waals surface area (Å²) in [5.74, 6) is -0.752. The number of nitrogens with one attached hydrogen (secondary N) is 1. The van der Waals surface area contributed by atoms with Crippen molar-refractivity contribution in [2.24, 2.45) is 7.05 Å². The van der Waals surface area contributed by atoms with Gasteiger partial charge in [0.1, 0.15) is 13.9 Å². The third-order valence-electron chi connectivity index (χ3n) is 3.66. The summed E-state index contributed by atoms with van der Waals surface area (Å²) >= 11 is 0. The van der Waals surface area contributed by atoms with Crippen LogP contribution in [0.15, 0.2) is 23.0 Å². The quantitative estimate of drug-likeness (QED) is 0.539. The molecule has 100 valence electrons. The van der Waals surface area contributed by atoms with Crippen LogP contribution in [0.25, 0.3) is 11.0 Å². The summed E-state index contributed by atoms with van der Waals surface area (Å²) < 4.78 is 2.84. The molecule has 1 fully saturated rings. The minimum Gasteiger partial charge on any atom is -0.296 e. The van der Waals surface area contributed by atoms with Gasteiger partial charge in [-0.2, -0.15) is 0 Å². The van der Waals surface area contributed by atoms with E-state index in [0.717, 1.165) is 0 Å². The highest BCUT2D eigenvalue weighted by atomic mass is 16.2. The van der Waals surface area contributed by atoms with Crippen molar-refractivity contribution in [1.29, 1.82) is 0 Å². The zero-order valence-electron chi connectivity index (χ0n) is 10.9. The molecule has 0 bridgehead atoms. The molecule has 1 unspecified atom stereocenters. The molecule has 20 heavy (non-hydrogen) atoms. The van der Waals surface area contributed by atoms with Crippen LogP contribution in [0, 0.1) is 0 Å². The van der Waals surface area contributed by atoms with E-state index in [2.05, 4.69) is 5.32 Å². The first-order valence-electron chi connectivity index (χ1n) is 6.30. The monoisotopic (exact) mass is 269 g/mol. The zero-order valence-corrected chi connectivity index (χ0v) is 10.9. The lowest BCUT2D eigenvalue weighted by Gasteiger charge is -2.21. The van der Waals surface area contributed by atoms with Crippen LogP contribution in [-0.2, 0) is 16.6 Å². The summed E-state index contributed by atoms with van der Waals surface area (Å²) in [7, 11) is 7.51. The predicted octanol–water partition coefficient (Wildman–Crippen LogP) is -0.888. The summed E-state index contributed by atoms with van der Waals surface area (Å²) in [5.41, 5.74) is 1.37. The molecule has 0 spiro atoms. The lowest BCUT2D eigenvalue weighted by molar-refractivity contribution is -0.135. The van der Waals surface area contributed by atoms with Crippen LogP contribution in [0.4, 0.5) is 0 Å². The highest BCUT2D eigenvalue weighted by Crippen LogP contribution is 2.21. The average molecular weight is 269 g/mol. The summed E-state index contributed by atoms with van der Waals surface area (Å²) in [6.07, 6.45) is 0.542. The minimum atomic E-state index is -0.675.